The smallest absolute Gasteiger partial charge is 0.165 e. The molecule has 14 heavy (non-hydrogen) atoms. The second-order valence-corrected chi connectivity index (χ2v) is 3.30. The normalized spacial score (nSPS) is 12.6. The van der Waals surface area contributed by atoms with Crippen LogP contribution in [0.4, 0.5) is 4.39 Å². The molecule has 0 unspecified atom stereocenters. The van der Waals surface area contributed by atoms with Crippen LogP contribution in [0.25, 0.3) is 0 Å². The summed E-state index contributed by atoms with van der Waals surface area (Å²) in [6, 6.07) is 4.61. The van der Waals surface area contributed by atoms with E-state index < -0.39 is 0 Å². The maximum atomic E-state index is 13.4. The van der Waals surface area contributed by atoms with Crippen molar-refractivity contribution in [1.82, 2.24) is 0 Å². The number of benzene rings is 1. The lowest BCUT2D eigenvalue weighted by Crippen LogP contribution is -2.09. The van der Waals surface area contributed by atoms with Gasteiger partial charge in [-0.2, -0.15) is 0 Å². The van der Waals surface area contributed by atoms with E-state index in [1.165, 1.54) is 6.07 Å². The fourth-order valence-electron chi connectivity index (χ4n) is 1.24. The van der Waals surface area contributed by atoms with Crippen LogP contribution in [0.2, 0.25) is 0 Å². The second-order valence-electron chi connectivity index (χ2n) is 3.30. The Balaban J connectivity index is 2.96. The Labute approximate surface area is 83.9 Å². The van der Waals surface area contributed by atoms with Gasteiger partial charge in [-0.05, 0) is 19.4 Å². The van der Waals surface area contributed by atoms with Crippen LogP contribution in [0.15, 0.2) is 18.2 Å². The lowest BCUT2D eigenvalue weighted by atomic mass is 10.1. The molecule has 2 N–H and O–H groups in total. The molecule has 78 valence electrons. The molecule has 1 atom stereocenters. The van der Waals surface area contributed by atoms with Gasteiger partial charge in [0.2, 0.25) is 0 Å². The molecule has 0 bridgehead atoms. The molecule has 1 aromatic rings. The highest BCUT2D eigenvalue weighted by atomic mass is 19.1. The van der Waals surface area contributed by atoms with Gasteiger partial charge in [0.15, 0.2) is 11.6 Å². The van der Waals surface area contributed by atoms with Gasteiger partial charge in [-0.25, -0.2) is 4.39 Å². The third kappa shape index (κ3) is 2.45. The molecule has 0 fully saturated rings. The predicted molar refractivity (Wildman–Crippen MR) is 54.8 cm³/mol. The quantitative estimate of drug-likeness (QED) is 0.805. The summed E-state index contributed by atoms with van der Waals surface area (Å²) in [6.07, 6.45) is 0.854. The fraction of sp³-hybridized carbons (Fsp3) is 0.455. The maximum absolute atomic E-state index is 13.4. The first-order valence-electron chi connectivity index (χ1n) is 4.83. The maximum Gasteiger partial charge on any atom is 0.165 e. The van der Waals surface area contributed by atoms with Crippen molar-refractivity contribution in [1.29, 1.82) is 0 Å². The van der Waals surface area contributed by atoms with E-state index in [1.54, 1.807) is 12.1 Å². The summed E-state index contributed by atoms with van der Waals surface area (Å²) in [4.78, 5) is 0. The van der Waals surface area contributed by atoms with Crippen molar-refractivity contribution in [3.05, 3.63) is 29.6 Å². The van der Waals surface area contributed by atoms with E-state index >= 15 is 0 Å². The number of hydrogen-bond donors (Lipinski definition) is 1. The van der Waals surface area contributed by atoms with Gasteiger partial charge < -0.3 is 10.5 Å². The van der Waals surface area contributed by atoms with Crippen LogP contribution in [0.1, 0.15) is 31.9 Å². The summed E-state index contributed by atoms with van der Waals surface area (Å²) in [5.41, 5.74) is 6.43. The summed E-state index contributed by atoms with van der Waals surface area (Å²) in [5, 5.41) is 0. The Morgan fingerprint density at radius 2 is 2.21 bits per heavy atom. The lowest BCUT2D eigenvalue weighted by molar-refractivity contribution is 0.296. The van der Waals surface area contributed by atoms with Gasteiger partial charge in [-0.1, -0.05) is 19.1 Å². The van der Waals surface area contributed by atoms with E-state index in [-0.39, 0.29) is 11.9 Å². The van der Waals surface area contributed by atoms with Crippen molar-refractivity contribution < 1.29 is 9.13 Å². The molecule has 0 saturated heterocycles. The number of nitrogens with two attached hydrogens (primary N) is 1. The largest absolute Gasteiger partial charge is 0.490 e. The highest BCUT2D eigenvalue weighted by Crippen LogP contribution is 2.26. The van der Waals surface area contributed by atoms with E-state index in [0.29, 0.717) is 12.4 Å². The van der Waals surface area contributed by atoms with Gasteiger partial charge in [-0.15, -0.1) is 0 Å². The topological polar surface area (TPSA) is 35.2 Å². The molecular weight excluding hydrogens is 181 g/mol. The van der Waals surface area contributed by atoms with Crippen LogP contribution in [0, 0.1) is 5.82 Å². The number of ether oxygens (including phenoxy) is 1. The van der Waals surface area contributed by atoms with Crippen molar-refractivity contribution in [3.8, 4) is 5.75 Å². The molecule has 0 heterocycles. The van der Waals surface area contributed by atoms with E-state index in [9.17, 15) is 4.39 Å². The van der Waals surface area contributed by atoms with Crippen LogP contribution >= 0.6 is 0 Å². The van der Waals surface area contributed by atoms with E-state index in [1.807, 2.05) is 13.8 Å². The molecule has 0 radical (unpaired) electrons. The van der Waals surface area contributed by atoms with E-state index in [0.717, 1.165) is 12.0 Å². The predicted octanol–water partition coefficient (Wildman–Crippen LogP) is 2.63. The van der Waals surface area contributed by atoms with Crippen LogP contribution in [0.5, 0.6) is 5.75 Å². The minimum absolute atomic E-state index is 0.211. The second kappa shape index (κ2) is 4.96. The Kier molecular flexibility index (Phi) is 3.89. The molecule has 0 amide bonds. The number of rotatable bonds is 4. The molecule has 0 spiro atoms. The van der Waals surface area contributed by atoms with E-state index in [4.69, 9.17) is 10.5 Å². The molecule has 2 nitrogen and oxygen atoms in total. The summed E-state index contributed by atoms with van der Waals surface area (Å²) in [5.74, 6) is -0.0439. The summed E-state index contributed by atoms with van der Waals surface area (Å²) in [6.45, 7) is 4.31. The zero-order valence-electron chi connectivity index (χ0n) is 8.59. The van der Waals surface area contributed by atoms with E-state index in [2.05, 4.69) is 0 Å². The molecule has 1 aromatic carbocycles. The van der Waals surface area contributed by atoms with Crippen molar-refractivity contribution in [2.75, 3.05) is 6.61 Å². The van der Waals surface area contributed by atoms with Gasteiger partial charge >= 0.3 is 0 Å². The molecule has 0 aromatic heterocycles. The third-order valence-corrected chi connectivity index (χ3v) is 1.94. The van der Waals surface area contributed by atoms with Crippen molar-refractivity contribution in [3.63, 3.8) is 0 Å². The van der Waals surface area contributed by atoms with Crippen LogP contribution in [0.3, 0.4) is 0 Å². The molecule has 3 heteroatoms. The summed E-state index contributed by atoms with van der Waals surface area (Å²) >= 11 is 0. The molecule has 1 rings (SSSR count). The Bertz CT molecular complexity index is 299. The van der Waals surface area contributed by atoms with Gasteiger partial charge in [-0.3, -0.25) is 0 Å². The van der Waals surface area contributed by atoms with Crippen LogP contribution in [-0.4, -0.2) is 6.61 Å². The first-order valence-corrected chi connectivity index (χ1v) is 4.83. The summed E-state index contributed by atoms with van der Waals surface area (Å²) < 4.78 is 18.7. The number of hydrogen-bond acceptors (Lipinski definition) is 2. The van der Waals surface area contributed by atoms with Gasteiger partial charge in [0.05, 0.1) is 6.61 Å². The van der Waals surface area contributed by atoms with Crippen molar-refractivity contribution in [2.45, 2.75) is 26.3 Å². The minimum atomic E-state index is -0.340. The third-order valence-electron chi connectivity index (χ3n) is 1.94. The first kappa shape index (κ1) is 11.0. The Morgan fingerprint density at radius 3 is 2.79 bits per heavy atom. The SMILES string of the molecule is CCCOc1c(F)cccc1[C@@H](C)N. The zero-order valence-corrected chi connectivity index (χ0v) is 8.59. The molecular formula is C11H16FNO. The summed E-state index contributed by atoms with van der Waals surface area (Å²) in [7, 11) is 0. The first-order chi connectivity index (χ1) is 6.66. The van der Waals surface area contributed by atoms with Gasteiger partial charge in [0.25, 0.3) is 0 Å². The standard InChI is InChI=1S/C11H16FNO/c1-3-7-14-11-9(8(2)13)5-4-6-10(11)12/h4-6,8H,3,7,13H2,1-2H3/t8-/m1/s1. The van der Waals surface area contributed by atoms with Crippen LogP contribution < -0.4 is 10.5 Å². The highest BCUT2D eigenvalue weighted by molar-refractivity contribution is 5.36. The van der Waals surface area contributed by atoms with Gasteiger partial charge in [0, 0.05) is 11.6 Å². The highest BCUT2D eigenvalue weighted by Gasteiger charge is 2.12. The average molecular weight is 197 g/mol. The lowest BCUT2D eigenvalue weighted by Gasteiger charge is -2.13. The Hall–Kier alpha value is -1.09. The Morgan fingerprint density at radius 1 is 1.50 bits per heavy atom. The van der Waals surface area contributed by atoms with Crippen molar-refractivity contribution in [2.24, 2.45) is 5.73 Å². The monoisotopic (exact) mass is 197 g/mol. The molecule has 0 saturated carbocycles. The average Bonchev–Trinajstić information content (AvgIpc) is 2.15. The van der Waals surface area contributed by atoms with Crippen molar-refractivity contribution >= 4 is 0 Å². The molecule has 0 aliphatic carbocycles. The number of para-hydroxylation sites is 1. The molecule has 0 aliphatic heterocycles. The zero-order chi connectivity index (χ0) is 10.6. The van der Waals surface area contributed by atoms with Crippen LogP contribution in [-0.2, 0) is 0 Å². The van der Waals surface area contributed by atoms with Gasteiger partial charge in [0.1, 0.15) is 0 Å². The number of halogens is 1. The fourth-order valence-corrected chi connectivity index (χ4v) is 1.24. The molecule has 0 aliphatic rings. The minimum Gasteiger partial charge on any atom is -0.490 e.